The molecule has 4 aromatic heterocycles. The van der Waals surface area contributed by atoms with Gasteiger partial charge < -0.3 is 15.1 Å². The maximum atomic E-state index is 13.5. The number of thiophene rings is 1. The third kappa shape index (κ3) is 5.44. The van der Waals surface area contributed by atoms with Crippen molar-refractivity contribution in [2.75, 3.05) is 45.2 Å². The highest BCUT2D eigenvalue weighted by atomic mass is 32.1. The summed E-state index contributed by atoms with van der Waals surface area (Å²) in [5.41, 5.74) is 3.31. The van der Waals surface area contributed by atoms with Crippen LogP contribution in [0.3, 0.4) is 0 Å². The molecule has 0 radical (unpaired) electrons. The Bertz CT molecular complexity index is 1500. The van der Waals surface area contributed by atoms with Crippen LogP contribution in [0.5, 0.6) is 0 Å². The number of aromatic nitrogens is 4. The molecule has 5 rings (SSSR count). The molecule has 40 heavy (non-hydrogen) atoms. The summed E-state index contributed by atoms with van der Waals surface area (Å²) in [6, 6.07) is 9.45. The van der Waals surface area contributed by atoms with Crippen molar-refractivity contribution < 1.29 is 9.59 Å². The first-order chi connectivity index (χ1) is 19.3. The molecule has 0 aliphatic carbocycles. The fourth-order valence-electron chi connectivity index (χ4n) is 5.08. The van der Waals surface area contributed by atoms with E-state index in [0.29, 0.717) is 35.8 Å². The lowest BCUT2D eigenvalue weighted by molar-refractivity contribution is -0.131. The Balaban J connectivity index is 1.53. The van der Waals surface area contributed by atoms with Crippen molar-refractivity contribution in [3.05, 3.63) is 53.7 Å². The third-order valence-electron chi connectivity index (χ3n) is 7.53. The number of likely N-dealkylation sites (N-methyl/N-ethyl adjacent to an activating group) is 2. The van der Waals surface area contributed by atoms with E-state index in [1.165, 1.54) is 0 Å². The van der Waals surface area contributed by atoms with E-state index < -0.39 is 0 Å². The fourth-order valence-corrected chi connectivity index (χ4v) is 5.77. The van der Waals surface area contributed by atoms with E-state index in [-0.39, 0.29) is 23.9 Å². The summed E-state index contributed by atoms with van der Waals surface area (Å²) in [5.74, 6) is 0.444. The van der Waals surface area contributed by atoms with Gasteiger partial charge in [0.05, 0.1) is 28.0 Å². The van der Waals surface area contributed by atoms with Crippen LogP contribution in [0.25, 0.3) is 27.5 Å². The van der Waals surface area contributed by atoms with Crippen molar-refractivity contribution in [2.24, 2.45) is 0 Å². The van der Waals surface area contributed by atoms with Crippen molar-refractivity contribution >= 4 is 34.6 Å². The van der Waals surface area contributed by atoms with Crippen LogP contribution in [-0.2, 0) is 4.79 Å². The van der Waals surface area contributed by atoms with E-state index in [0.717, 1.165) is 35.6 Å². The van der Waals surface area contributed by atoms with Crippen molar-refractivity contribution in [3.63, 3.8) is 0 Å². The SMILES string of the molecule is CCN(CC)C(C)CNC(=O)c1cc(-c2cnn3ccc(-c4cccs4)nc23)nc(N2CCC2C(=O)N(C)C)c1. The number of pyridine rings is 1. The molecular weight excluding hydrogens is 524 g/mol. The minimum absolute atomic E-state index is 0.0238. The van der Waals surface area contributed by atoms with Gasteiger partial charge >= 0.3 is 0 Å². The molecule has 10 nitrogen and oxygen atoms in total. The second-order valence-corrected chi connectivity index (χ2v) is 11.2. The van der Waals surface area contributed by atoms with Crippen LogP contribution >= 0.6 is 11.3 Å². The van der Waals surface area contributed by atoms with Gasteiger partial charge in [0.1, 0.15) is 11.9 Å². The van der Waals surface area contributed by atoms with E-state index in [1.54, 1.807) is 53.2 Å². The number of rotatable bonds is 10. The Morgan fingerprint density at radius 1 is 1.15 bits per heavy atom. The van der Waals surface area contributed by atoms with Gasteiger partial charge in [0.25, 0.3) is 5.91 Å². The van der Waals surface area contributed by atoms with Crippen molar-refractivity contribution in [1.82, 2.24) is 34.7 Å². The highest BCUT2D eigenvalue weighted by Gasteiger charge is 2.36. The molecule has 5 heterocycles. The molecule has 2 amide bonds. The minimum Gasteiger partial charge on any atom is -0.350 e. The maximum absolute atomic E-state index is 13.5. The lowest BCUT2D eigenvalue weighted by Gasteiger charge is -2.42. The van der Waals surface area contributed by atoms with Crippen molar-refractivity contribution in [3.8, 4) is 21.8 Å². The molecule has 210 valence electrons. The zero-order valence-electron chi connectivity index (χ0n) is 23.7. The number of fused-ring (bicyclic) bond motifs is 1. The number of amides is 2. The maximum Gasteiger partial charge on any atom is 0.251 e. The number of carbonyl (C=O) groups excluding carboxylic acids is 2. The topological polar surface area (TPSA) is 99.0 Å². The second-order valence-electron chi connectivity index (χ2n) is 10.2. The number of hydrogen-bond donors (Lipinski definition) is 1. The van der Waals surface area contributed by atoms with Gasteiger partial charge in [-0.25, -0.2) is 14.5 Å². The average Bonchev–Trinajstić information content (AvgIpc) is 3.61. The molecule has 0 aromatic carbocycles. The Hall–Kier alpha value is -3.83. The zero-order chi connectivity index (χ0) is 28.4. The predicted octanol–water partition coefficient (Wildman–Crippen LogP) is 3.65. The molecule has 1 saturated heterocycles. The summed E-state index contributed by atoms with van der Waals surface area (Å²) in [5, 5.41) is 9.63. The summed E-state index contributed by atoms with van der Waals surface area (Å²) in [7, 11) is 3.52. The van der Waals surface area contributed by atoms with Gasteiger partial charge in [-0.1, -0.05) is 19.9 Å². The van der Waals surface area contributed by atoms with Crippen molar-refractivity contribution in [1.29, 1.82) is 0 Å². The molecule has 2 atom stereocenters. The first-order valence-corrected chi connectivity index (χ1v) is 14.6. The highest BCUT2D eigenvalue weighted by Crippen LogP contribution is 2.32. The van der Waals surface area contributed by atoms with Gasteiger partial charge in [0.15, 0.2) is 5.65 Å². The first-order valence-electron chi connectivity index (χ1n) is 13.7. The Labute approximate surface area is 238 Å². The standard InChI is InChI=1S/C29H36N8O2S/c1-6-35(7-2)19(3)17-30-28(38)20-15-23(32-26(16-20)36-12-11-24(36)29(39)34(4)5)21-18-31-37-13-10-22(33-27(21)37)25-9-8-14-40-25/h8-10,13-16,18-19,24H,6-7,11-12,17H2,1-5H3,(H,30,38). The molecule has 1 fully saturated rings. The number of nitrogens with one attached hydrogen (secondary N) is 1. The van der Waals surface area contributed by atoms with Crippen LogP contribution in [-0.4, -0.2) is 93.6 Å². The quantitative estimate of drug-likeness (QED) is 0.316. The molecule has 1 aliphatic heterocycles. The Morgan fingerprint density at radius 2 is 1.95 bits per heavy atom. The minimum atomic E-state index is -0.302. The van der Waals surface area contributed by atoms with Gasteiger partial charge in [-0.3, -0.25) is 14.5 Å². The van der Waals surface area contributed by atoms with E-state index >= 15 is 0 Å². The number of carbonyl (C=O) groups is 2. The normalized spacial score (nSPS) is 15.8. The summed E-state index contributed by atoms with van der Waals surface area (Å²) < 4.78 is 1.72. The lowest BCUT2D eigenvalue weighted by Crippen LogP contribution is -2.56. The monoisotopic (exact) mass is 560 g/mol. The van der Waals surface area contributed by atoms with E-state index in [4.69, 9.17) is 9.97 Å². The highest BCUT2D eigenvalue weighted by molar-refractivity contribution is 7.13. The van der Waals surface area contributed by atoms with Gasteiger partial charge in [0.2, 0.25) is 5.91 Å². The molecule has 1 N–H and O–H groups in total. The van der Waals surface area contributed by atoms with Crippen LogP contribution in [0.1, 0.15) is 37.6 Å². The Kier molecular flexibility index (Phi) is 8.13. The van der Waals surface area contributed by atoms with Crippen molar-refractivity contribution in [2.45, 2.75) is 39.3 Å². The molecule has 2 unspecified atom stereocenters. The summed E-state index contributed by atoms with van der Waals surface area (Å²) in [4.78, 5) is 43.0. The number of anilines is 1. The largest absolute Gasteiger partial charge is 0.350 e. The summed E-state index contributed by atoms with van der Waals surface area (Å²) >= 11 is 1.62. The molecule has 11 heteroatoms. The molecule has 0 spiro atoms. The lowest BCUT2D eigenvalue weighted by atomic mass is 10.0. The molecular formula is C29H36N8O2S. The summed E-state index contributed by atoms with van der Waals surface area (Å²) in [6.45, 7) is 9.42. The van der Waals surface area contributed by atoms with Crippen LogP contribution in [0.2, 0.25) is 0 Å². The molecule has 4 aromatic rings. The van der Waals surface area contributed by atoms with Gasteiger partial charge in [-0.15, -0.1) is 11.3 Å². The molecule has 0 saturated carbocycles. The smallest absolute Gasteiger partial charge is 0.251 e. The van der Waals surface area contributed by atoms with Crippen LogP contribution in [0.4, 0.5) is 5.82 Å². The molecule has 1 aliphatic rings. The Morgan fingerprint density at radius 3 is 2.60 bits per heavy atom. The predicted molar refractivity (Wildman–Crippen MR) is 159 cm³/mol. The van der Waals surface area contributed by atoms with E-state index in [1.807, 2.05) is 34.7 Å². The first kappa shape index (κ1) is 27.7. The fraction of sp³-hybridized carbons (Fsp3) is 0.414. The van der Waals surface area contributed by atoms with Crippen LogP contribution in [0, 0.1) is 0 Å². The second kappa shape index (κ2) is 11.7. The van der Waals surface area contributed by atoms with Crippen LogP contribution in [0.15, 0.2) is 48.1 Å². The average molecular weight is 561 g/mol. The van der Waals surface area contributed by atoms with Gasteiger partial charge in [-0.2, -0.15) is 5.10 Å². The van der Waals surface area contributed by atoms with E-state index in [9.17, 15) is 9.59 Å². The number of hydrogen-bond acceptors (Lipinski definition) is 8. The molecule has 0 bridgehead atoms. The summed E-state index contributed by atoms with van der Waals surface area (Å²) in [6.07, 6.45) is 4.36. The van der Waals surface area contributed by atoms with Crippen LogP contribution < -0.4 is 10.2 Å². The third-order valence-corrected chi connectivity index (χ3v) is 8.42. The van der Waals surface area contributed by atoms with E-state index in [2.05, 4.69) is 36.1 Å². The number of nitrogens with zero attached hydrogens (tertiary/aromatic N) is 7. The zero-order valence-corrected chi connectivity index (χ0v) is 24.5. The van der Waals surface area contributed by atoms with Gasteiger partial charge in [0, 0.05) is 45.0 Å². The van der Waals surface area contributed by atoms with Gasteiger partial charge in [-0.05, 0) is 56.1 Å².